The first-order chi connectivity index (χ1) is 12.7. The van der Waals surface area contributed by atoms with Crippen molar-refractivity contribution in [3.8, 4) is 0 Å². The molecule has 1 heterocycles. The van der Waals surface area contributed by atoms with E-state index in [-0.39, 0.29) is 31.3 Å². The fourth-order valence-corrected chi connectivity index (χ4v) is 3.75. The summed E-state index contributed by atoms with van der Waals surface area (Å²) in [6.07, 6.45) is 0.0804. The van der Waals surface area contributed by atoms with Crippen LogP contribution in [0.3, 0.4) is 0 Å². The molecule has 7 nitrogen and oxygen atoms in total. The summed E-state index contributed by atoms with van der Waals surface area (Å²) in [5, 5.41) is 1.64. The highest BCUT2D eigenvalue weighted by atomic mass is 35.5. The summed E-state index contributed by atoms with van der Waals surface area (Å²) in [5.41, 5.74) is -0.0517. The van der Waals surface area contributed by atoms with E-state index < -0.39 is 26.8 Å². The van der Waals surface area contributed by atoms with Crippen LogP contribution in [0.2, 0.25) is 5.02 Å². The van der Waals surface area contributed by atoms with Crippen LogP contribution in [0.25, 0.3) is 4.91 Å². The van der Waals surface area contributed by atoms with Crippen molar-refractivity contribution in [1.29, 1.82) is 0 Å². The number of esters is 1. The SMILES string of the molecule is CCOC(=O)C(F)(F)/C=C(\c1ccc(Cl)cc1)S(=O)(=O)NN1CCOCC1. The zero-order chi connectivity index (χ0) is 20.1. The minimum Gasteiger partial charge on any atom is -0.461 e. The molecule has 11 heteroatoms. The molecular weight excluding hydrogens is 406 g/mol. The Hall–Kier alpha value is -1.59. The van der Waals surface area contributed by atoms with Gasteiger partial charge in [0.1, 0.15) is 0 Å². The summed E-state index contributed by atoms with van der Waals surface area (Å²) >= 11 is 5.78. The number of hydrogen-bond donors (Lipinski definition) is 1. The van der Waals surface area contributed by atoms with Crippen LogP contribution in [0.4, 0.5) is 8.78 Å². The van der Waals surface area contributed by atoms with E-state index in [4.69, 9.17) is 16.3 Å². The number of hydrazine groups is 1. The third kappa shape index (κ3) is 5.94. The highest BCUT2D eigenvalue weighted by molar-refractivity contribution is 7.98. The Morgan fingerprint density at radius 3 is 2.48 bits per heavy atom. The molecule has 2 rings (SSSR count). The summed E-state index contributed by atoms with van der Waals surface area (Å²) < 4.78 is 63.4. The van der Waals surface area contributed by atoms with Gasteiger partial charge in [-0.05, 0) is 24.6 Å². The summed E-state index contributed by atoms with van der Waals surface area (Å²) in [5.74, 6) is -5.97. The quantitative estimate of drug-likeness (QED) is 0.674. The van der Waals surface area contributed by atoms with Gasteiger partial charge in [-0.2, -0.15) is 8.78 Å². The molecule has 0 saturated carbocycles. The number of carbonyl (C=O) groups excluding carboxylic acids is 1. The van der Waals surface area contributed by atoms with E-state index in [0.717, 1.165) is 0 Å². The second kappa shape index (κ2) is 9.07. The molecule has 150 valence electrons. The van der Waals surface area contributed by atoms with Crippen LogP contribution in [-0.2, 0) is 24.3 Å². The molecular formula is C16H19ClF2N2O5S. The number of hydrogen-bond acceptors (Lipinski definition) is 6. The number of carbonyl (C=O) groups is 1. The number of nitrogens with one attached hydrogen (secondary N) is 1. The fraction of sp³-hybridized carbons (Fsp3) is 0.438. The van der Waals surface area contributed by atoms with Crippen LogP contribution in [0.1, 0.15) is 12.5 Å². The van der Waals surface area contributed by atoms with E-state index in [1.165, 1.54) is 36.2 Å². The standard InChI is InChI=1S/C16H19ClF2N2O5S/c1-2-26-15(22)16(18,19)11-14(12-3-5-13(17)6-4-12)27(23,24)20-21-7-9-25-10-8-21/h3-6,11,20H,2,7-10H2,1H3/b14-11+. The summed E-state index contributed by atoms with van der Waals surface area (Å²) in [6.45, 7) is 2.19. The molecule has 1 aromatic carbocycles. The van der Waals surface area contributed by atoms with Gasteiger partial charge >= 0.3 is 11.9 Å². The monoisotopic (exact) mass is 424 g/mol. The minimum absolute atomic E-state index is 0.0517. The molecule has 1 N–H and O–H groups in total. The Bertz CT molecular complexity index is 794. The number of morpholine rings is 1. The largest absolute Gasteiger partial charge is 0.461 e. The molecule has 0 aliphatic carbocycles. The smallest absolute Gasteiger partial charge is 0.381 e. The van der Waals surface area contributed by atoms with Crippen LogP contribution >= 0.6 is 11.6 Å². The van der Waals surface area contributed by atoms with Gasteiger partial charge in [0.25, 0.3) is 10.0 Å². The van der Waals surface area contributed by atoms with Crippen molar-refractivity contribution in [1.82, 2.24) is 9.84 Å². The van der Waals surface area contributed by atoms with Crippen LogP contribution in [0.5, 0.6) is 0 Å². The van der Waals surface area contributed by atoms with Crippen molar-refractivity contribution in [2.45, 2.75) is 12.8 Å². The van der Waals surface area contributed by atoms with E-state index >= 15 is 0 Å². The molecule has 0 bridgehead atoms. The second-order valence-electron chi connectivity index (χ2n) is 5.55. The third-order valence-corrected chi connectivity index (χ3v) is 5.22. The average molecular weight is 425 g/mol. The minimum atomic E-state index is -4.42. The van der Waals surface area contributed by atoms with E-state index in [1.54, 1.807) is 0 Å². The Labute approximate surface area is 160 Å². The topological polar surface area (TPSA) is 84.9 Å². The molecule has 0 spiro atoms. The lowest BCUT2D eigenvalue weighted by Crippen LogP contribution is -2.48. The van der Waals surface area contributed by atoms with Crippen molar-refractivity contribution in [3.63, 3.8) is 0 Å². The van der Waals surface area contributed by atoms with E-state index in [0.29, 0.717) is 18.2 Å². The molecule has 0 atom stereocenters. The Kier molecular flexibility index (Phi) is 7.29. The number of ether oxygens (including phenoxy) is 2. The summed E-state index contributed by atoms with van der Waals surface area (Å²) in [7, 11) is -4.42. The lowest BCUT2D eigenvalue weighted by atomic mass is 10.2. The van der Waals surface area contributed by atoms with Crippen LogP contribution in [0.15, 0.2) is 30.3 Å². The maximum Gasteiger partial charge on any atom is 0.381 e. The lowest BCUT2D eigenvalue weighted by molar-refractivity contribution is -0.164. The predicted molar refractivity (Wildman–Crippen MR) is 95.5 cm³/mol. The number of sulfonamides is 1. The number of alkyl halides is 2. The first-order valence-electron chi connectivity index (χ1n) is 8.04. The van der Waals surface area contributed by atoms with E-state index in [1.807, 2.05) is 0 Å². The van der Waals surface area contributed by atoms with Gasteiger partial charge in [0.05, 0.1) is 24.7 Å². The molecule has 0 aromatic heterocycles. The van der Waals surface area contributed by atoms with Gasteiger partial charge in [-0.15, -0.1) is 4.83 Å². The molecule has 1 aliphatic heterocycles. The molecule has 1 fully saturated rings. The van der Waals surface area contributed by atoms with Crippen LogP contribution in [0, 0.1) is 0 Å². The predicted octanol–water partition coefficient (Wildman–Crippen LogP) is 2.05. The molecule has 1 aromatic rings. The fourth-order valence-electron chi connectivity index (χ4n) is 2.25. The maximum absolute atomic E-state index is 14.2. The first-order valence-corrected chi connectivity index (χ1v) is 9.91. The summed E-state index contributed by atoms with van der Waals surface area (Å²) in [6, 6.07) is 5.26. The Morgan fingerprint density at radius 1 is 1.33 bits per heavy atom. The Morgan fingerprint density at radius 2 is 1.93 bits per heavy atom. The maximum atomic E-state index is 14.2. The molecule has 0 radical (unpaired) electrons. The number of benzene rings is 1. The van der Waals surface area contributed by atoms with Crippen molar-refractivity contribution in [2.24, 2.45) is 0 Å². The van der Waals surface area contributed by atoms with Gasteiger partial charge in [0.2, 0.25) is 0 Å². The normalized spacial score (nSPS) is 17.0. The molecule has 0 amide bonds. The molecule has 27 heavy (non-hydrogen) atoms. The van der Waals surface area contributed by atoms with Gasteiger partial charge in [-0.1, -0.05) is 23.7 Å². The molecule has 1 saturated heterocycles. The van der Waals surface area contributed by atoms with Crippen molar-refractivity contribution in [2.75, 3.05) is 32.9 Å². The highest BCUT2D eigenvalue weighted by Crippen LogP contribution is 2.29. The zero-order valence-corrected chi connectivity index (χ0v) is 16.0. The molecule has 0 unspecified atom stereocenters. The zero-order valence-electron chi connectivity index (χ0n) is 14.5. The van der Waals surface area contributed by atoms with Gasteiger partial charge in [-0.3, -0.25) is 0 Å². The average Bonchev–Trinajstić information content (AvgIpc) is 2.61. The van der Waals surface area contributed by atoms with Gasteiger partial charge in [0, 0.05) is 24.2 Å². The lowest BCUT2D eigenvalue weighted by Gasteiger charge is -2.27. The third-order valence-electron chi connectivity index (χ3n) is 3.54. The van der Waals surface area contributed by atoms with Gasteiger partial charge in [0.15, 0.2) is 0 Å². The van der Waals surface area contributed by atoms with E-state index in [9.17, 15) is 22.0 Å². The number of nitrogens with zero attached hydrogens (tertiary/aromatic N) is 1. The molecule has 1 aliphatic rings. The first kappa shape index (κ1) is 21.7. The van der Waals surface area contributed by atoms with Crippen molar-refractivity contribution in [3.05, 3.63) is 40.9 Å². The second-order valence-corrected chi connectivity index (χ2v) is 7.62. The van der Waals surface area contributed by atoms with Gasteiger partial charge < -0.3 is 9.47 Å². The van der Waals surface area contributed by atoms with Gasteiger partial charge in [-0.25, -0.2) is 18.2 Å². The van der Waals surface area contributed by atoms with Crippen molar-refractivity contribution < 1.29 is 31.5 Å². The number of rotatable bonds is 7. The Balaban J connectivity index is 2.44. The highest BCUT2D eigenvalue weighted by Gasteiger charge is 2.41. The summed E-state index contributed by atoms with van der Waals surface area (Å²) in [4.78, 5) is 13.0. The van der Waals surface area contributed by atoms with Crippen molar-refractivity contribution >= 4 is 32.5 Å². The van der Waals surface area contributed by atoms with Crippen LogP contribution in [-0.4, -0.2) is 58.2 Å². The van der Waals surface area contributed by atoms with E-state index in [2.05, 4.69) is 9.57 Å². The van der Waals surface area contributed by atoms with Crippen LogP contribution < -0.4 is 4.83 Å². The number of halogens is 3.